The molecule has 0 bridgehead atoms. The van der Waals surface area contributed by atoms with E-state index < -0.39 is 0 Å². The molecule has 1 rings (SSSR count). The summed E-state index contributed by atoms with van der Waals surface area (Å²) < 4.78 is 4.88. The number of amidine groups is 1. The van der Waals surface area contributed by atoms with Crippen LogP contribution in [0.2, 0.25) is 5.02 Å². The molecule has 1 aromatic heterocycles. The van der Waals surface area contributed by atoms with E-state index in [0.29, 0.717) is 29.6 Å². The first kappa shape index (κ1) is 11.7. The van der Waals surface area contributed by atoms with Crippen LogP contribution in [0.25, 0.3) is 0 Å². The monoisotopic (exact) mass is 228 g/mol. The highest BCUT2D eigenvalue weighted by molar-refractivity contribution is 6.36. The van der Waals surface area contributed by atoms with Crippen molar-refractivity contribution in [3.05, 3.63) is 22.8 Å². The first-order valence-electron chi connectivity index (χ1n) is 4.38. The Kier molecular flexibility index (Phi) is 4.33. The van der Waals surface area contributed by atoms with Gasteiger partial charge in [0.1, 0.15) is 11.7 Å². The fourth-order valence-corrected chi connectivity index (χ4v) is 1.33. The van der Waals surface area contributed by atoms with Crippen LogP contribution in [-0.2, 0) is 4.74 Å². The molecule has 4 N–H and O–H groups in total. The predicted molar refractivity (Wildman–Crippen MR) is 60.6 cm³/mol. The average molecular weight is 229 g/mol. The van der Waals surface area contributed by atoms with E-state index in [1.807, 2.05) is 0 Å². The first-order chi connectivity index (χ1) is 7.16. The van der Waals surface area contributed by atoms with Crippen LogP contribution in [0.3, 0.4) is 0 Å². The van der Waals surface area contributed by atoms with Gasteiger partial charge in [-0.2, -0.15) is 0 Å². The van der Waals surface area contributed by atoms with Crippen LogP contribution in [-0.4, -0.2) is 31.1 Å². The van der Waals surface area contributed by atoms with E-state index in [4.69, 9.17) is 27.5 Å². The Labute approximate surface area is 93.1 Å². The molecule has 0 fully saturated rings. The van der Waals surface area contributed by atoms with E-state index in [-0.39, 0.29) is 5.84 Å². The van der Waals surface area contributed by atoms with Gasteiger partial charge in [0.15, 0.2) is 0 Å². The molecule has 0 atom stereocenters. The van der Waals surface area contributed by atoms with Crippen LogP contribution in [0.4, 0.5) is 5.82 Å². The molecule has 0 amide bonds. The lowest BCUT2D eigenvalue weighted by molar-refractivity contribution is 0.210. The Morgan fingerprint density at radius 2 is 2.47 bits per heavy atom. The number of methoxy groups -OCH3 is 1. The van der Waals surface area contributed by atoms with Gasteiger partial charge in [0.2, 0.25) is 0 Å². The molecule has 0 aliphatic carbocycles. The molecule has 0 saturated heterocycles. The van der Waals surface area contributed by atoms with E-state index in [2.05, 4.69) is 10.3 Å². The highest BCUT2D eigenvalue weighted by Crippen LogP contribution is 2.22. The molecule has 0 unspecified atom stereocenters. The number of anilines is 1. The maximum absolute atomic E-state index is 7.30. The second kappa shape index (κ2) is 5.53. The Morgan fingerprint density at radius 1 is 1.73 bits per heavy atom. The molecule has 0 aliphatic heterocycles. The van der Waals surface area contributed by atoms with Crippen LogP contribution in [0, 0.1) is 5.41 Å². The van der Waals surface area contributed by atoms with Crippen molar-refractivity contribution < 1.29 is 4.74 Å². The van der Waals surface area contributed by atoms with Crippen LogP contribution in [0.15, 0.2) is 12.3 Å². The van der Waals surface area contributed by atoms with Gasteiger partial charge in [-0.25, -0.2) is 4.98 Å². The zero-order valence-corrected chi connectivity index (χ0v) is 9.14. The average Bonchev–Trinajstić information content (AvgIpc) is 2.20. The molecular formula is C9H13ClN4O. The van der Waals surface area contributed by atoms with Gasteiger partial charge in [-0.3, -0.25) is 5.41 Å². The van der Waals surface area contributed by atoms with Gasteiger partial charge in [0, 0.05) is 25.4 Å². The van der Waals surface area contributed by atoms with Gasteiger partial charge >= 0.3 is 0 Å². The van der Waals surface area contributed by atoms with Crippen molar-refractivity contribution in [1.29, 1.82) is 5.41 Å². The number of pyridine rings is 1. The number of hydrogen-bond acceptors (Lipinski definition) is 4. The molecule has 82 valence electrons. The van der Waals surface area contributed by atoms with E-state index in [1.54, 1.807) is 19.4 Å². The number of nitrogens with one attached hydrogen (secondary N) is 2. The Balaban J connectivity index is 2.80. The van der Waals surface area contributed by atoms with Crippen molar-refractivity contribution in [2.75, 3.05) is 25.6 Å². The maximum atomic E-state index is 7.30. The van der Waals surface area contributed by atoms with Crippen LogP contribution >= 0.6 is 11.6 Å². The molecule has 0 aromatic carbocycles. The predicted octanol–water partition coefficient (Wildman–Crippen LogP) is 1.08. The summed E-state index contributed by atoms with van der Waals surface area (Å²) in [5.41, 5.74) is 5.84. The highest BCUT2D eigenvalue weighted by Gasteiger charge is 2.08. The largest absolute Gasteiger partial charge is 0.384 e. The van der Waals surface area contributed by atoms with Crippen molar-refractivity contribution in [2.45, 2.75) is 0 Å². The van der Waals surface area contributed by atoms with Crippen molar-refractivity contribution in [3.63, 3.8) is 0 Å². The van der Waals surface area contributed by atoms with Gasteiger partial charge in [0.25, 0.3) is 0 Å². The standard InChI is InChI=1S/C9H13ClN4O/c1-15-5-4-14-9-7(10)6(8(11)12)2-3-13-9/h2-3H,4-5H2,1H3,(H3,11,12)(H,13,14). The Hall–Kier alpha value is -1.33. The minimum absolute atomic E-state index is 0.0720. The number of nitrogens with two attached hydrogens (primary N) is 1. The topological polar surface area (TPSA) is 84.0 Å². The SMILES string of the molecule is COCCNc1nccc(C(=N)N)c1Cl. The van der Waals surface area contributed by atoms with Gasteiger partial charge in [-0.1, -0.05) is 11.6 Å². The van der Waals surface area contributed by atoms with Gasteiger partial charge in [0.05, 0.1) is 11.6 Å². The second-order valence-corrected chi connectivity index (χ2v) is 3.23. The summed E-state index contributed by atoms with van der Waals surface area (Å²) in [4.78, 5) is 4.04. The summed E-state index contributed by atoms with van der Waals surface area (Å²) in [5.74, 6) is 0.443. The molecule has 6 heteroatoms. The fourth-order valence-electron chi connectivity index (χ4n) is 1.05. The number of hydrogen-bond donors (Lipinski definition) is 3. The number of nitrogen functional groups attached to an aromatic ring is 1. The third-order valence-electron chi connectivity index (χ3n) is 1.78. The molecule has 0 saturated carbocycles. The number of nitrogens with zero attached hydrogens (tertiary/aromatic N) is 1. The minimum atomic E-state index is -0.0720. The number of ether oxygens (including phenoxy) is 1. The van der Waals surface area contributed by atoms with Crippen LogP contribution in [0.1, 0.15) is 5.56 Å². The lowest BCUT2D eigenvalue weighted by Gasteiger charge is -2.09. The molecule has 0 radical (unpaired) electrons. The molecule has 0 aliphatic rings. The zero-order valence-electron chi connectivity index (χ0n) is 8.38. The lowest BCUT2D eigenvalue weighted by atomic mass is 10.2. The summed E-state index contributed by atoms with van der Waals surface area (Å²) in [6.45, 7) is 1.16. The molecular weight excluding hydrogens is 216 g/mol. The minimum Gasteiger partial charge on any atom is -0.384 e. The maximum Gasteiger partial charge on any atom is 0.145 e. The number of halogens is 1. The van der Waals surface area contributed by atoms with Crippen LogP contribution in [0.5, 0.6) is 0 Å². The Morgan fingerprint density at radius 3 is 3.07 bits per heavy atom. The lowest BCUT2D eigenvalue weighted by Crippen LogP contribution is -2.14. The van der Waals surface area contributed by atoms with Gasteiger partial charge < -0.3 is 15.8 Å². The third-order valence-corrected chi connectivity index (χ3v) is 2.16. The fraction of sp³-hybridized carbons (Fsp3) is 0.333. The van der Waals surface area contributed by atoms with Gasteiger partial charge in [-0.05, 0) is 6.07 Å². The van der Waals surface area contributed by atoms with E-state index in [1.165, 1.54) is 0 Å². The molecule has 15 heavy (non-hydrogen) atoms. The summed E-state index contributed by atoms with van der Waals surface area (Å²) in [5, 5.41) is 10.7. The smallest absolute Gasteiger partial charge is 0.145 e. The summed E-state index contributed by atoms with van der Waals surface area (Å²) in [6.07, 6.45) is 1.55. The van der Waals surface area contributed by atoms with Crippen molar-refractivity contribution >= 4 is 23.3 Å². The molecule has 1 heterocycles. The van der Waals surface area contributed by atoms with E-state index >= 15 is 0 Å². The third kappa shape index (κ3) is 3.07. The van der Waals surface area contributed by atoms with E-state index in [0.717, 1.165) is 0 Å². The van der Waals surface area contributed by atoms with Crippen molar-refractivity contribution in [3.8, 4) is 0 Å². The summed E-state index contributed by atoms with van der Waals surface area (Å²) in [6, 6.07) is 1.60. The van der Waals surface area contributed by atoms with E-state index in [9.17, 15) is 0 Å². The normalized spacial score (nSPS) is 10.0. The Bertz CT molecular complexity index is 356. The van der Waals surface area contributed by atoms with Gasteiger partial charge in [-0.15, -0.1) is 0 Å². The second-order valence-electron chi connectivity index (χ2n) is 2.85. The number of aromatic nitrogens is 1. The quantitative estimate of drug-likeness (QED) is 0.400. The van der Waals surface area contributed by atoms with Crippen molar-refractivity contribution in [2.24, 2.45) is 5.73 Å². The molecule has 0 spiro atoms. The zero-order chi connectivity index (χ0) is 11.3. The molecule has 5 nitrogen and oxygen atoms in total. The summed E-state index contributed by atoms with van der Waals surface area (Å²) >= 11 is 6.00. The number of rotatable bonds is 5. The highest BCUT2D eigenvalue weighted by atomic mass is 35.5. The van der Waals surface area contributed by atoms with Crippen LogP contribution < -0.4 is 11.1 Å². The summed E-state index contributed by atoms with van der Waals surface area (Å²) in [7, 11) is 1.61. The first-order valence-corrected chi connectivity index (χ1v) is 4.76. The molecule has 1 aromatic rings. The van der Waals surface area contributed by atoms with Crippen molar-refractivity contribution in [1.82, 2.24) is 4.98 Å².